The van der Waals surface area contributed by atoms with Crippen LogP contribution in [0.4, 0.5) is 0 Å². The van der Waals surface area contributed by atoms with Gasteiger partial charge < -0.3 is 10.6 Å². The molecule has 1 aromatic heterocycles. The van der Waals surface area contributed by atoms with E-state index in [-0.39, 0.29) is 25.3 Å². The second-order valence-corrected chi connectivity index (χ2v) is 3.42. The van der Waals surface area contributed by atoms with Crippen LogP contribution in [0.15, 0.2) is 18.3 Å². The van der Waals surface area contributed by atoms with Gasteiger partial charge >= 0.3 is 0 Å². The van der Waals surface area contributed by atoms with Gasteiger partial charge in [0.1, 0.15) is 18.8 Å². The van der Waals surface area contributed by atoms with Crippen molar-refractivity contribution in [2.75, 3.05) is 19.6 Å². The molecule has 0 aliphatic rings. The van der Waals surface area contributed by atoms with E-state index in [1.807, 2.05) is 12.1 Å². The average Bonchev–Trinajstić information content (AvgIpc) is 2.44. The molecule has 1 rings (SSSR count). The Kier molecular flexibility index (Phi) is 5.56. The lowest BCUT2D eigenvalue weighted by molar-refractivity contribution is 0.0789. The highest BCUT2D eigenvalue weighted by Crippen LogP contribution is 2.03. The van der Waals surface area contributed by atoms with Crippen LogP contribution >= 0.6 is 0 Å². The maximum atomic E-state index is 12.0. The molecule has 1 aromatic rings. The number of nitrogens with two attached hydrogens (primary N) is 1. The summed E-state index contributed by atoms with van der Waals surface area (Å²) in [5, 5.41) is 17.2. The zero-order valence-corrected chi connectivity index (χ0v) is 10.1. The summed E-state index contributed by atoms with van der Waals surface area (Å²) in [6.07, 6.45) is 1.45. The molecule has 0 atom stereocenters. The minimum Gasteiger partial charge on any atom is -0.320 e. The third-order valence-electron chi connectivity index (χ3n) is 2.13. The molecule has 1 heterocycles. The number of amides is 1. The number of aromatic nitrogens is 1. The van der Waals surface area contributed by atoms with E-state index < -0.39 is 5.91 Å². The van der Waals surface area contributed by atoms with Crippen molar-refractivity contribution in [1.82, 2.24) is 9.88 Å². The molecular formula is C13H11N5O. The van der Waals surface area contributed by atoms with E-state index >= 15 is 0 Å². The van der Waals surface area contributed by atoms with Crippen LogP contribution in [0, 0.1) is 34.5 Å². The first-order chi connectivity index (χ1) is 9.22. The van der Waals surface area contributed by atoms with Crippen molar-refractivity contribution in [3.05, 3.63) is 29.6 Å². The van der Waals surface area contributed by atoms with Gasteiger partial charge in [-0.2, -0.15) is 10.5 Å². The summed E-state index contributed by atoms with van der Waals surface area (Å²) in [5.41, 5.74) is 6.06. The maximum Gasteiger partial charge on any atom is 0.274 e. The van der Waals surface area contributed by atoms with Crippen LogP contribution in [0.2, 0.25) is 0 Å². The Labute approximate surface area is 111 Å². The summed E-state index contributed by atoms with van der Waals surface area (Å²) >= 11 is 0. The predicted octanol–water partition coefficient (Wildman–Crippen LogP) is -0.119. The molecule has 0 aliphatic carbocycles. The Morgan fingerprint density at radius 2 is 2.00 bits per heavy atom. The minimum absolute atomic E-state index is 0.150. The zero-order valence-electron chi connectivity index (χ0n) is 10.1. The molecule has 0 bridgehead atoms. The van der Waals surface area contributed by atoms with Gasteiger partial charge in [-0.3, -0.25) is 4.79 Å². The predicted molar refractivity (Wildman–Crippen MR) is 67.3 cm³/mol. The largest absolute Gasteiger partial charge is 0.320 e. The Hall–Kier alpha value is -2.88. The van der Waals surface area contributed by atoms with Gasteiger partial charge in [-0.25, -0.2) is 4.98 Å². The lowest BCUT2D eigenvalue weighted by Crippen LogP contribution is -2.32. The molecule has 0 aliphatic heterocycles. The van der Waals surface area contributed by atoms with Crippen LogP contribution < -0.4 is 5.73 Å². The Morgan fingerprint density at radius 1 is 1.32 bits per heavy atom. The molecule has 0 saturated carbocycles. The number of carbonyl (C=O) groups excluding carboxylic acids is 1. The highest BCUT2D eigenvalue weighted by molar-refractivity contribution is 5.92. The number of hydrogen-bond acceptors (Lipinski definition) is 5. The van der Waals surface area contributed by atoms with Gasteiger partial charge in [0.05, 0.1) is 18.7 Å². The molecule has 2 N–H and O–H groups in total. The van der Waals surface area contributed by atoms with Crippen LogP contribution in [-0.2, 0) is 0 Å². The zero-order chi connectivity index (χ0) is 14.1. The second-order valence-electron chi connectivity index (χ2n) is 3.42. The molecule has 0 fully saturated rings. The summed E-state index contributed by atoms with van der Waals surface area (Å²) in [6, 6.07) is 6.81. The standard InChI is InChI=1S/C13H11N5O/c14-5-1-2-11-3-4-12(17-10-11)13(19)18(8-6-15)9-7-16/h3-4,10H,5,8-9,14H2. The number of hydrogen-bond donors (Lipinski definition) is 1. The van der Waals surface area contributed by atoms with Gasteiger partial charge in [0, 0.05) is 11.8 Å². The van der Waals surface area contributed by atoms with Crippen molar-refractivity contribution in [3.8, 4) is 24.0 Å². The molecule has 0 radical (unpaired) electrons. The molecule has 0 unspecified atom stereocenters. The van der Waals surface area contributed by atoms with Crippen molar-refractivity contribution in [3.63, 3.8) is 0 Å². The summed E-state index contributed by atoms with van der Waals surface area (Å²) in [7, 11) is 0. The van der Waals surface area contributed by atoms with Crippen LogP contribution in [0.25, 0.3) is 0 Å². The molecule has 19 heavy (non-hydrogen) atoms. The van der Waals surface area contributed by atoms with Gasteiger partial charge in [0.25, 0.3) is 5.91 Å². The molecule has 1 amide bonds. The quantitative estimate of drug-likeness (QED) is 0.597. The van der Waals surface area contributed by atoms with Crippen LogP contribution in [0.1, 0.15) is 16.1 Å². The van der Waals surface area contributed by atoms with E-state index in [9.17, 15) is 4.79 Å². The fraction of sp³-hybridized carbons (Fsp3) is 0.231. The number of nitriles is 2. The van der Waals surface area contributed by atoms with Crippen LogP contribution in [0.5, 0.6) is 0 Å². The topological polar surface area (TPSA) is 107 Å². The second kappa shape index (κ2) is 7.45. The van der Waals surface area contributed by atoms with Crippen LogP contribution in [0.3, 0.4) is 0 Å². The number of pyridine rings is 1. The van der Waals surface area contributed by atoms with Crippen molar-refractivity contribution < 1.29 is 4.79 Å². The molecule has 0 aromatic carbocycles. The normalized spacial score (nSPS) is 8.58. The summed E-state index contributed by atoms with van der Waals surface area (Å²) < 4.78 is 0. The summed E-state index contributed by atoms with van der Waals surface area (Å²) in [5.74, 6) is 5.00. The fourth-order valence-electron chi connectivity index (χ4n) is 1.28. The van der Waals surface area contributed by atoms with Gasteiger partial charge in [-0.05, 0) is 12.1 Å². The first kappa shape index (κ1) is 14.2. The monoisotopic (exact) mass is 253 g/mol. The Balaban J connectivity index is 2.88. The van der Waals surface area contributed by atoms with E-state index in [0.29, 0.717) is 5.56 Å². The van der Waals surface area contributed by atoms with Gasteiger partial charge in [-0.15, -0.1) is 0 Å². The molecule has 6 nitrogen and oxygen atoms in total. The van der Waals surface area contributed by atoms with Crippen molar-refractivity contribution in [1.29, 1.82) is 10.5 Å². The molecule has 6 heteroatoms. The molecular weight excluding hydrogens is 242 g/mol. The SMILES string of the molecule is N#CCN(CC#N)C(=O)c1ccc(C#CCN)cn1. The van der Waals surface area contributed by atoms with Crippen molar-refractivity contribution in [2.24, 2.45) is 5.73 Å². The lowest BCUT2D eigenvalue weighted by Gasteiger charge is -2.14. The van der Waals surface area contributed by atoms with Gasteiger partial charge in [-0.1, -0.05) is 11.8 Å². The van der Waals surface area contributed by atoms with E-state index in [2.05, 4.69) is 16.8 Å². The summed E-state index contributed by atoms with van der Waals surface area (Å²) in [6.45, 7) is -0.0512. The first-order valence-corrected chi connectivity index (χ1v) is 5.41. The molecule has 0 saturated heterocycles. The smallest absolute Gasteiger partial charge is 0.274 e. The highest BCUT2D eigenvalue weighted by Gasteiger charge is 2.16. The lowest BCUT2D eigenvalue weighted by atomic mass is 10.2. The highest BCUT2D eigenvalue weighted by atomic mass is 16.2. The van der Waals surface area contributed by atoms with E-state index in [1.165, 1.54) is 12.3 Å². The Bertz CT molecular complexity index is 567. The van der Waals surface area contributed by atoms with Gasteiger partial charge in [0.15, 0.2) is 0 Å². The van der Waals surface area contributed by atoms with E-state index in [0.717, 1.165) is 4.90 Å². The minimum atomic E-state index is -0.457. The van der Waals surface area contributed by atoms with Crippen LogP contribution in [-0.4, -0.2) is 35.4 Å². The third-order valence-corrected chi connectivity index (χ3v) is 2.13. The number of carbonyl (C=O) groups is 1. The third kappa shape index (κ3) is 4.12. The molecule has 0 spiro atoms. The number of nitrogens with zero attached hydrogens (tertiary/aromatic N) is 4. The summed E-state index contributed by atoms with van der Waals surface area (Å²) in [4.78, 5) is 17.0. The molecule has 94 valence electrons. The van der Waals surface area contributed by atoms with E-state index in [4.69, 9.17) is 16.3 Å². The van der Waals surface area contributed by atoms with Gasteiger partial charge in [0.2, 0.25) is 0 Å². The van der Waals surface area contributed by atoms with Crippen molar-refractivity contribution in [2.45, 2.75) is 0 Å². The number of rotatable bonds is 3. The van der Waals surface area contributed by atoms with Crippen molar-refractivity contribution >= 4 is 5.91 Å². The maximum absolute atomic E-state index is 12.0. The fourth-order valence-corrected chi connectivity index (χ4v) is 1.28. The van der Waals surface area contributed by atoms with E-state index in [1.54, 1.807) is 6.07 Å². The first-order valence-electron chi connectivity index (χ1n) is 5.41. The Morgan fingerprint density at radius 3 is 2.47 bits per heavy atom. The average molecular weight is 253 g/mol.